The number of fused-ring (bicyclic) bond motifs is 1. The Morgan fingerprint density at radius 2 is 2.00 bits per heavy atom. The summed E-state index contributed by atoms with van der Waals surface area (Å²) >= 11 is 1.57. The Bertz CT molecular complexity index is 991. The summed E-state index contributed by atoms with van der Waals surface area (Å²) in [5, 5.41) is 4.34. The highest BCUT2D eigenvalue weighted by Gasteiger charge is 2.14. The Balaban J connectivity index is 2.13. The highest BCUT2D eigenvalue weighted by molar-refractivity contribution is 7.16. The van der Waals surface area contributed by atoms with Crippen LogP contribution in [0.25, 0.3) is 10.2 Å². The molecule has 132 valence electrons. The molecule has 0 atom stereocenters. The third-order valence-electron chi connectivity index (χ3n) is 4.31. The van der Waals surface area contributed by atoms with E-state index in [4.69, 9.17) is 0 Å². The van der Waals surface area contributed by atoms with Gasteiger partial charge in [-0.3, -0.25) is 9.48 Å². The number of thiazole rings is 1. The van der Waals surface area contributed by atoms with E-state index in [1.807, 2.05) is 13.8 Å². The van der Waals surface area contributed by atoms with Gasteiger partial charge in [0, 0.05) is 13.1 Å². The smallest absolute Gasteiger partial charge is 0.297 e. The number of hydrogen-bond acceptors (Lipinski definition) is 3. The minimum absolute atomic E-state index is 0.236. The van der Waals surface area contributed by atoms with Crippen molar-refractivity contribution in [3.63, 3.8) is 0 Å². The van der Waals surface area contributed by atoms with Crippen LogP contribution in [0.2, 0.25) is 0 Å². The van der Waals surface area contributed by atoms with E-state index in [-0.39, 0.29) is 5.91 Å². The summed E-state index contributed by atoms with van der Waals surface area (Å²) in [6.07, 6.45) is 0. The molecular formula is C19H24N4OS. The van der Waals surface area contributed by atoms with Crippen molar-refractivity contribution in [2.45, 2.75) is 53.6 Å². The minimum Gasteiger partial charge on any atom is -0.317 e. The van der Waals surface area contributed by atoms with Crippen LogP contribution in [-0.2, 0) is 13.1 Å². The molecule has 0 saturated carbocycles. The van der Waals surface area contributed by atoms with Crippen LogP contribution in [0.3, 0.4) is 0 Å². The van der Waals surface area contributed by atoms with Gasteiger partial charge in [-0.1, -0.05) is 31.3 Å². The Morgan fingerprint density at radius 3 is 2.64 bits per heavy atom. The number of aromatic nitrogens is 3. The number of hydrogen-bond donors (Lipinski definition) is 0. The summed E-state index contributed by atoms with van der Waals surface area (Å²) in [6, 6.07) is 8.30. The van der Waals surface area contributed by atoms with E-state index in [0.717, 1.165) is 22.6 Å². The Kier molecular flexibility index (Phi) is 4.90. The van der Waals surface area contributed by atoms with Gasteiger partial charge in [-0.15, -0.1) is 0 Å². The zero-order valence-electron chi connectivity index (χ0n) is 15.4. The van der Waals surface area contributed by atoms with Gasteiger partial charge in [0.1, 0.15) is 5.69 Å². The summed E-state index contributed by atoms with van der Waals surface area (Å²) in [5.74, 6) is 0.241. The van der Waals surface area contributed by atoms with Gasteiger partial charge >= 0.3 is 0 Å². The molecule has 0 aliphatic carbocycles. The molecule has 1 amide bonds. The van der Waals surface area contributed by atoms with E-state index >= 15 is 0 Å². The number of benzene rings is 1. The number of amides is 1. The molecule has 3 aromatic rings. The third-order valence-corrected chi connectivity index (χ3v) is 5.35. The molecule has 0 radical (unpaired) electrons. The molecule has 6 heteroatoms. The quantitative estimate of drug-likeness (QED) is 0.706. The molecular weight excluding hydrogens is 332 g/mol. The van der Waals surface area contributed by atoms with Crippen LogP contribution < -0.4 is 4.80 Å². The second-order valence-corrected chi connectivity index (χ2v) is 7.42. The third kappa shape index (κ3) is 3.31. The van der Waals surface area contributed by atoms with E-state index in [1.165, 1.54) is 10.3 Å². The van der Waals surface area contributed by atoms with Crippen LogP contribution in [0, 0.1) is 6.92 Å². The molecule has 0 saturated heterocycles. The van der Waals surface area contributed by atoms with Gasteiger partial charge in [0.2, 0.25) is 0 Å². The van der Waals surface area contributed by atoms with Crippen LogP contribution in [-0.4, -0.2) is 20.3 Å². The van der Waals surface area contributed by atoms with E-state index in [9.17, 15) is 4.79 Å². The van der Waals surface area contributed by atoms with Crippen molar-refractivity contribution in [1.29, 1.82) is 0 Å². The molecule has 0 N–H and O–H groups in total. The maximum atomic E-state index is 12.7. The summed E-state index contributed by atoms with van der Waals surface area (Å²) in [4.78, 5) is 17.8. The lowest BCUT2D eigenvalue weighted by atomic mass is 10.0. The molecule has 0 spiro atoms. The topological polar surface area (TPSA) is 52.2 Å². The predicted octanol–water partition coefficient (Wildman–Crippen LogP) is 4.11. The van der Waals surface area contributed by atoms with Crippen molar-refractivity contribution in [3.05, 3.63) is 46.0 Å². The first-order valence-electron chi connectivity index (χ1n) is 8.71. The summed E-state index contributed by atoms with van der Waals surface area (Å²) < 4.78 is 4.98. The van der Waals surface area contributed by atoms with Crippen molar-refractivity contribution in [1.82, 2.24) is 14.3 Å². The second kappa shape index (κ2) is 6.96. The predicted molar refractivity (Wildman–Crippen MR) is 102 cm³/mol. The van der Waals surface area contributed by atoms with Gasteiger partial charge in [-0.25, -0.2) is 0 Å². The summed E-state index contributed by atoms with van der Waals surface area (Å²) in [6.45, 7) is 11.7. The average Bonchev–Trinajstić information content (AvgIpc) is 3.13. The second-order valence-electron chi connectivity index (χ2n) is 6.41. The molecule has 1 aromatic carbocycles. The number of rotatable bonds is 4. The molecule has 25 heavy (non-hydrogen) atoms. The Labute approximate surface area is 151 Å². The maximum Gasteiger partial charge on any atom is 0.297 e. The number of carbonyl (C=O) groups is 1. The van der Waals surface area contributed by atoms with Gasteiger partial charge in [-0.2, -0.15) is 10.1 Å². The van der Waals surface area contributed by atoms with E-state index in [2.05, 4.69) is 53.6 Å². The van der Waals surface area contributed by atoms with Crippen LogP contribution in [0.15, 0.2) is 29.3 Å². The maximum absolute atomic E-state index is 12.7. The lowest BCUT2D eigenvalue weighted by Gasteiger charge is -2.05. The first kappa shape index (κ1) is 17.6. The van der Waals surface area contributed by atoms with Gasteiger partial charge in [0.15, 0.2) is 4.80 Å². The number of nitrogens with zero attached hydrogens (tertiary/aromatic N) is 4. The van der Waals surface area contributed by atoms with Gasteiger partial charge in [-0.05, 0) is 50.5 Å². The SMILES string of the molecule is CCn1nc(C)cc1C(=O)N=c1sc2cc(C(C)C)ccc2n1CC. The largest absolute Gasteiger partial charge is 0.317 e. The normalized spacial score (nSPS) is 12.5. The standard InChI is InChI=1S/C19H24N4OS/c1-6-22-15-9-8-14(12(3)4)11-17(15)25-19(22)20-18(24)16-10-13(5)21-23(16)7-2/h8-12H,6-7H2,1-5H3. The number of carbonyl (C=O) groups excluding carboxylic acids is 1. The molecule has 0 fully saturated rings. The van der Waals surface area contributed by atoms with Crippen LogP contribution >= 0.6 is 11.3 Å². The van der Waals surface area contributed by atoms with Crippen molar-refractivity contribution < 1.29 is 4.79 Å². The van der Waals surface area contributed by atoms with Gasteiger partial charge in [0.05, 0.1) is 15.9 Å². The fourth-order valence-electron chi connectivity index (χ4n) is 2.94. The molecule has 5 nitrogen and oxygen atoms in total. The Morgan fingerprint density at radius 1 is 1.24 bits per heavy atom. The Hall–Kier alpha value is -2.21. The lowest BCUT2D eigenvalue weighted by Crippen LogP contribution is -2.17. The molecule has 0 aliphatic heterocycles. The molecule has 0 aliphatic rings. The van der Waals surface area contributed by atoms with E-state index in [1.54, 1.807) is 22.1 Å². The van der Waals surface area contributed by atoms with Crippen molar-refractivity contribution in [2.75, 3.05) is 0 Å². The summed E-state index contributed by atoms with van der Waals surface area (Å²) in [5.41, 5.74) is 3.81. The van der Waals surface area contributed by atoms with E-state index < -0.39 is 0 Å². The van der Waals surface area contributed by atoms with Gasteiger partial charge < -0.3 is 4.57 Å². The molecule has 3 rings (SSSR count). The number of aryl methyl sites for hydroxylation is 3. The average molecular weight is 356 g/mol. The fourth-order valence-corrected chi connectivity index (χ4v) is 4.08. The van der Waals surface area contributed by atoms with Crippen LogP contribution in [0.1, 0.15) is 55.4 Å². The minimum atomic E-state index is -0.236. The van der Waals surface area contributed by atoms with Crippen molar-refractivity contribution in [2.24, 2.45) is 4.99 Å². The van der Waals surface area contributed by atoms with Crippen LogP contribution in [0.5, 0.6) is 0 Å². The fraction of sp³-hybridized carbons (Fsp3) is 0.421. The molecule has 0 unspecified atom stereocenters. The lowest BCUT2D eigenvalue weighted by molar-refractivity contribution is 0.0987. The highest BCUT2D eigenvalue weighted by Crippen LogP contribution is 2.23. The first-order chi connectivity index (χ1) is 11.9. The zero-order chi connectivity index (χ0) is 18.1. The molecule has 2 heterocycles. The van der Waals surface area contributed by atoms with Gasteiger partial charge in [0.25, 0.3) is 5.91 Å². The van der Waals surface area contributed by atoms with Crippen LogP contribution in [0.4, 0.5) is 0 Å². The van der Waals surface area contributed by atoms with E-state index in [0.29, 0.717) is 18.2 Å². The first-order valence-corrected chi connectivity index (χ1v) is 9.53. The van der Waals surface area contributed by atoms with Crippen molar-refractivity contribution in [3.8, 4) is 0 Å². The highest BCUT2D eigenvalue weighted by atomic mass is 32.1. The zero-order valence-corrected chi connectivity index (χ0v) is 16.2. The summed E-state index contributed by atoms with van der Waals surface area (Å²) in [7, 11) is 0. The molecule has 0 bridgehead atoms. The van der Waals surface area contributed by atoms with Crippen molar-refractivity contribution >= 4 is 27.5 Å². The monoisotopic (exact) mass is 356 g/mol. The molecule has 2 aromatic heterocycles.